The van der Waals surface area contributed by atoms with Crippen LogP contribution in [0.5, 0.6) is 5.75 Å². The summed E-state index contributed by atoms with van der Waals surface area (Å²) in [6.07, 6.45) is 2.99. The Balaban J connectivity index is 1.61. The van der Waals surface area contributed by atoms with Gasteiger partial charge in [-0.1, -0.05) is 41.6 Å². The number of thioether (sulfide) groups is 1. The first-order valence-electron chi connectivity index (χ1n) is 7.38. The molecule has 2 aromatic heterocycles. The Morgan fingerprint density at radius 2 is 2.08 bits per heavy atom. The molecule has 2 heterocycles. The van der Waals surface area contributed by atoms with E-state index in [1.807, 2.05) is 42.8 Å². The van der Waals surface area contributed by atoms with Crippen molar-refractivity contribution in [3.63, 3.8) is 0 Å². The minimum absolute atomic E-state index is 0.193. The van der Waals surface area contributed by atoms with Crippen molar-refractivity contribution >= 4 is 11.8 Å². The van der Waals surface area contributed by atoms with Gasteiger partial charge in [-0.25, -0.2) is 0 Å². The maximum Gasteiger partial charge on any atom is 0.227 e. The van der Waals surface area contributed by atoms with Crippen LogP contribution in [0.4, 0.5) is 0 Å². The molecule has 0 aliphatic carbocycles. The van der Waals surface area contributed by atoms with Gasteiger partial charge in [0.2, 0.25) is 11.2 Å². The summed E-state index contributed by atoms with van der Waals surface area (Å²) in [7, 11) is 1.86. The second kappa shape index (κ2) is 7.35. The third-order valence-corrected chi connectivity index (χ3v) is 4.44. The molecule has 24 heavy (non-hydrogen) atoms. The SMILES string of the molecule is Cc1ccc(COc2coc(CSc3nncn3C)cc2=O)cc1. The van der Waals surface area contributed by atoms with Gasteiger partial charge in [-0.05, 0) is 12.5 Å². The predicted octanol–water partition coefficient (Wildman–Crippen LogP) is 2.95. The maximum atomic E-state index is 12.1. The molecule has 124 valence electrons. The molecule has 1 aromatic carbocycles. The van der Waals surface area contributed by atoms with Gasteiger partial charge >= 0.3 is 0 Å². The highest BCUT2D eigenvalue weighted by molar-refractivity contribution is 7.98. The van der Waals surface area contributed by atoms with Gasteiger partial charge in [-0.2, -0.15) is 0 Å². The van der Waals surface area contributed by atoms with Crippen LogP contribution in [0.3, 0.4) is 0 Å². The third-order valence-electron chi connectivity index (χ3n) is 3.38. The quantitative estimate of drug-likeness (QED) is 0.641. The maximum absolute atomic E-state index is 12.1. The lowest BCUT2D eigenvalue weighted by Gasteiger charge is -2.06. The van der Waals surface area contributed by atoms with Crippen LogP contribution >= 0.6 is 11.8 Å². The molecular weight excluding hydrogens is 326 g/mol. The van der Waals surface area contributed by atoms with Crippen LogP contribution in [0.15, 0.2) is 57.3 Å². The Kier molecular flexibility index (Phi) is 5.00. The summed E-state index contributed by atoms with van der Waals surface area (Å²) in [5, 5.41) is 8.54. The van der Waals surface area contributed by atoms with Crippen molar-refractivity contribution in [1.82, 2.24) is 14.8 Å². The van der Waals surface area contributed by atoms with Gasteiger partial charge in [0.05, 0.1) is 5.75 Å². The summed E-state index contributed by atoms with van der Waals surface area (Å²) in [5.41, 5.74) is 1.99. The first-order chi connectivity index (χ1) is 11.6. The smallest absolute Gasteiger partial charge is 0.227 e. The van der Waals surface area contributed by atoms with Crippen molar-refractivity contribution in [3.8, 4) is 5.75 Å². The van der Waals surface area contributed by atoms with E-state index in [0.717, 1.165) is 10.7 Å². The number of hydrogen-bond donors (Lipinski definition) is 0. The molecule has 0 aliphatic rings. The number of aromatic nitrogens is 3. The van der Waals surface area contributed by atoms with E-state index in [1.54, 1.807) is 6.33 Å². The molecule has 3 aromatic rings. The number of benzene rings is 1. The van der Waals surface area contributed by atoms with Crippen molar-refractivity contribution in [2.45, 2.75) is 24.4 Å². The Bertz CT molecular complexity index is 871. The van der Waals surface area contributed by atoms with E-state index >= 15 is 0 Å². The van der Waals surface area contributed by atoms with Gasteiger partial charge in [0.15, 0.2) is 5.16 Å². The molecular formula is C17H17N3O3S. The van der Waals surface area contributed by atoms with E-state index in [9.17, 15) is 4.79 Å². The first kappa shape index (κ1) is 16.3. The van der Waals surface area contributed by atoms with Crippen LogP contribution < -0.4 is 10.2 Å². The average Bonchev–Trinajstić information content (AvgIpc) is 2.99. The van der Waals surface area contributed by atoms with E-state index in [2.05, 4.69) is 10.2 Å². The van der Waals surface area contributed by atoms with Crippen LogP contribution in [0.25, 0.3) is 0 Å². The number of ether oxygens (including phenoxy) is 1. The standard InChI is InChI=1S/C17H17N3O3S/c1-12-3-5-13(6-4-12)8-23-16-9-22-14(7-15(16)21)10-24-17-19-18-11-20(17)2/h3-7,9,11H,8,10H2,1-2H3. The Labute approximate surface area is 143 Å². The molecule has 0 bridgehead atoms. The molecule has 0 saturated carbocycles. The highest BCUT2D eigenvalue weighted by Crippen LogP contribution is 2.20. The van der Waals surface area contributed by atoms with Crippen molar-refractivity contribution in [2.75, 3.05) is 0 Å². The zero-order valence-corrected chi connectivity index (χ0v) is 14.2. The van der Waals surface area contributed by atoms with Crippen LogP contribution in [0.1, 0.15) is 16.9 Å². The van der Waals surface area contributed by atoms with Gasteiger partial charge in [-0.3, -0.25) is 4.79 Å². The number of rotatable bonds is 6. The molecule has 7 heteroatoms. The number of aryl methyl sites for hydroxylation is 2. The molecule has 0 amide bonds. The predicted molar refractivity (Wildman–Crippen MR) is 91.1 cm³/mol. The van der Waals surface area contributed by atoms with E-state index in [0.29, 0.717) is 18.1 Å². The average molecular weight is 343 g/mol. The highest BCUT2D eigenvalue weighted by Gasteiger charge is 2.08. The van der Waals surface area contributed by atoms with Crippen LogP contribution in [0, 0.1) is 6.92 Å². The van der Waals surface area contributed by atoms with Crippen LogP contribution in [-0.4, -0.2) is 14.8 Å². The zero-order chi connectivity index (χ0) is 16.9. The summed E-state index contributed by atoms with van der Waals surface area (Å²) in [5.74, 6) is 1.28. The summed E-state index contributed by atoms with van der Waals surface area (Å²) in [6, 6.07) is 9.42. The zero-order valence-electron chi connectivity index (χ0n) is 13.4. The summed E-state index contributed by atoms with van der Waals surface area (Å²) < 4.78 is 12.8. The molecule has 0 N–H and O–H groups in total. The number of nitrogens with zero attached hydrogens (tertiary/aromatic N) is 3. The lowest BCUT2D eigenvalue weighted by atomic mass is 10.2. The first-order valence-corrected chi connectivity index (χ1v) is 8.37. The Morgan fingerprint density at radius 3 is 2.75 bits per heavy atom. The molecule has 3 rings (SSSR count). The summed E-state index contributed by atoms with van der Waals surface area (Å²) in [6.45, 7) is 2.36. The Hall–Kier alpha value is -2.54. The third kappa shape index (κ3) is 4.05. The normalized spacial score (nSPS) is 10.8. The summed E-state index contributed by atoms with van der Waals surface area (Å²) >= 11 is 1.45. The monoisotopic (exact) mass is 343 g/mol. The van der Waals surface area contributed by atoms with Crippen molar-refractivity contribution in [3.05, 3.63) is 70.0 Å². The van der Waals surface area contributed by atoms with E-state index < -0.39 is 0 Å². The van der Waals surface area contributed by atoms with E-state index in [-0.39, 0.29) is 11.2 Å². The fourth-order valence-corrected chi connectivity index (χ4v) is 2.78. The lowest BCUT2D eigenvalue weighted by molar-refractivity contribution is 0.290. The van der Waals surface area contributed by atoms with E-state index in [1.165, 1.54) is 29.7 Å². The van der Waals surface area contributed by atoms with Gasteiger partial charge in [0, 0.05) is 13.1 Å². The van der Waals surface area contributed by atoms with Gasteiger partial charge in [0.25, 0.3) is 0 Å². The molecule has 0 radical (unpaired) electrons. The van der Waals surface area contributed by atoms with Crippen molar-refractivity contribution in [2.24, 2.45) is 7.05 Å². The molecule has 0 unspecified atom stereocenters. The minimum Gasteiger partial charge on any atom is -0.482 e. The van der Waals surface area contributed by atoms with Gasteiger partial charge in [0.1, 0.15) is 25.0 Å². The fraction of sp³-hybridized carbons (Fsp3) is 0.235. The van der Waals surface area contributed by atoms with Crippen LogP contribution in [-0.2, 0) is 19.4 Å². The van der Waals surface area contributed by atoms with Gasteiger partial charge in [-0.15, -0.1) is 10.2 Å². The largest absolute Gasteiger partial charge is 0.482 e. The van der Waals surface area contributed by atoms with Crippen molar-refractivity contribution < 1.29 is 9.15 Å². The molecule has 0 spiro atoms. The molecule has 6 nitrogen and oxygen atoms in total. The molecule has 0 aliphatic heterocycles. The molecule has 0 atom stereocenters. The topological polar surface area (TPSA) is 70.2 Å². The minimum atomic E-state index is -0.193. The highest BCUT2D eigenvalue weighted by atomic mass is 32.2. The fourth-order valence-electron chi connectivity index (χ4n) is 2.00. The second-order valence-electron chi connectivity index (χ2n) is 5.36. The van der Waals surface area contributed by atoms with Crippen molar-refractivity contribution in [1.29, 1.82) is 0 Å². The van der Waals surface area contributed by atoms with Gasteiger partial charge < -0.3 is 13.7 Å². The molecule has 0 fully saturated rings. The lowest BCUT2D eigenvalue weighted by Crippen LogP contribution is -2.07. The van der Waals surface area contributed by atoms with Crippen LogP contribution in [0.2, 0.25) is 0 Å². The number of hydrogen-bond acceptors (Lipinski definition) is 6. The molecule has 0 saturated heterocycles. The van der Waals surface area contributed by atoms with E-state index in [4.69, 9.17) is 9.15 Å². The second-order valence-corrected chi connectivity index (χ2v) is 6.30. The Morgan fingerprint density at radius 1 is 1.29 bits per heavy atom. The summed E-state index contributed by atoms with van der Waals surface area (Å²) in [4.78, 5) is 12.1.